The minimum atomic E-state index is -0.359. The van der Waals surface area contributed by atoms with Crippen LogP contribution in [-0.4, -0.2) is 43.1 Å². The fourth-order valence-corrected chi connectivity index (χ4v) is 2.20. The predicted molar refractivity (Wildman–Crippen MR) is 78.0 cm³/mol. The zero-order valence-electron chi connectivity index (χ0n) is 11.6. The average molecular weight is 261 g/mol. The van der Waals surface area contributed by atoms with E-state index in [4.69, 9.17) is 0 Å². The summed E-state index contributed by atoms with van der Waals surface area (Å²) in [5, 5.41) is 0. The highest BCUT2D eigenvalue weighted by atomic mass is 19.1. The van der Waals surface area contributed by atoms with Crippen LogP contribution in [0.1, 0.15) is 11.4 Å². The van der Waals surface area contributed by atoms with E-state index in [-0.39, 0.29) is 5.83 Å². The Morgan fingerprint density at radius 1 is 1.32 bits per heavy atom. The van der Waals surface area contributed by atoms with Gasteiger partial charge in [-0.2, -0.15) is 0 Å². The van der Waals surface area contributed by atoms with Crippen molar-refractivity contribution in [3.05, 3.63) is 42.0 Å². The normalized spacial score (nSPS) is 17.6. The number of aryl methyl sites for hydroxylation is 1. The molecule has 2 heterocycles. The second kappa shape index (κ2) is 5.97. The number of piperazine rings is 1. The van der Waals surface area contributed by atoms with Gasteiger partial charge >= 0.3 is 0 Å². The van der Waals surface area contributed by atoms with Gasteiger partial charge in [-0.25, -0.2) is 4.39 Å². The molecule has 102 valence electrons. The Kier molecular flexibility index (Phi) is 4.32. The summed E-state index contributed by atoms with van der Waals surface area (Å²) in [6.07, 6.45) is 2.61. The van der Waals surface area contributed by atoms with E-state index in [0.29, 0.717) is 5.69 Å². The number of aromatic nitrogens is 1. The zero-order valence-corrected chi connectivity index (χ0v) is 11.6. The van der Waals surface area contributed by atoms with Gasteiger partial charge in [0, 0.05) is 37.6 Å². The standard InChI is InChI=1S/C15H20FN3/c1-4-13(16)10-14-11-15(9-12(2)17-14)19-7-5-18(3)6-8-19/h4,9-11H,1,5-8H2,2-3H3/b13-10-. The third-order valence-corrected chi connectivity index (χ3v) is 3.31. The van der Waals surface area contributed by atoms with Crippen LogP contribution < -0.4 is 4.90 Å². The van der Waals surface area contributed by atoms with Crippen molar-refractivity contribution in [3.63, 3.8) is 0 Å². The number of likely N-dealkylation sites (N-methyl/N-ethyl adjacent to an activating group) is 1. The summed E-state index contributed by atoms with van der Waals surface area (Å²) < 4.78 is 13.3. The first-order chi connectivity index (χ1) is 9.08. The molecule has 0 aliphatic carbocycles. The Bertz CT molecular complexity index is 488. The second-order valence-corrected chi connectivity index (χ2v) is 4.92. The molecule has 1 fully saturated rings. The van der Waals surface area contributed by atoms with Gasteiger partial charge in [-0.3, -0.25) is 4.98 Å². The fraction of sp³-hybridized carbons (Fsp3) is 0.400. The van der Waals surface area contributed by atoms with E-state index in [1.54, 1.807) is 0 Å². The van der Waals surface area contributed by atoms with Crippen molar-refractivity contribution in [3.8, 4) is 0 Å². The summed E-state index contributed by atoms with van der Waals surface area (Å²) in [4.78, 5) is 8.96. The number of rotatable bonds is 3. The van der Waals surface area contributed by atoms with Crippen molar-refractivity contribution in [1.29, 1.82) is 0 Å². The molecular formula is C15H20FN3. The predicted octanol–water partition coefficient (Wildman–Crippen LogP) is 2.64. The molecule has 3 nitrogen and oxygen atoms in total. The molecule has 0 saturated carbocycles. The van der Waals surface area contributed by atoms with Crippen LogP contribution in [0.3, 0.4) is 0 Å². The summed E-state index contributed by atoms with van der Waals surface area (Å²) in [7, 11) is 2.13. The summed E-state index contributed by atoms with van der Waals surface area (Å²) in [5.41, 5.74) is 2.66. The van der Waals surface area contributed by atoms with Gasteiger partial charge in [0.25, 0.3) is 0 Å². The molecule has 19 heavy (non-hydrogen) atoms. The number of halogens is 1. The fourth-order valence-electron chi connectivity index (χ4n) is 2.20. The van der Waals surface area contributed by atoms with Gasteiger partial charge in [-0.05, 0) is 38.3 Å². The molecule has 0 atom stereocenters. The van der Waals surface area contributed by atoms with E-state index in [9.17, 15) is 4.39 Å². The molecule has 1 aliphatic rings. The first-order valence-electron chi connectivity index (χ1n) is 6.50. The molecule has 1 aliphatic heterocycles. The number of hydrogen-bond acceptors (Lipinski definition) is 3. The molecule has 0 aromatic carbocycles. The molecule has 0 radical (unpaired) electrons. The van der Waals surface area contributed by atoms with Crippen LogP contribution in [0.15, 0.2) is 30.6 Å². The Hall–Kier alpha value is -1.68. The van der Waals surface area contributed by atoms with Crippen molar-refractivity contribution in [1.82, 2.24) is 9.88 Å². The van der Waals surface area contributed by atoms with Crippen LogP contribution in [0.25, 0.3) is 6.08 Å². The Balaban J connectivity index is 2.24. The number of allylic oxidation sites excluding steroid dienone is 2. The van der Waals surface area contributed by atoms with Crippen LogP contribution >= 0.6 is 0 Å². The van der Waals surface area contributed by atoms with Crippen molar-refractivity contribution in [2.75, 3.05) is 38.1 Å². The summed E-state index contributed by atoms with van der Waals surface area (Å²) in [6.45, 7) is 9.43. The van der Waals surface area contributed by atoms with E-state index in [1.807, 2.05) is 13.0 Å². The lowest BCUT2D eigenvalue weighted by Crippen LogP contribution is -2.44. The minimum absolute atomic E-state index is 0.359. The first-order valence-corrected chi connectivity index (χ1v) is 6.50. The number of anilines is 1. The maximum Gasteiger partial charge on any atom is 0.124 e. The third kappa shape index (κ3) is 3.64. The topological polar surface area (TPSA) is 19.4 Å². The third-order valence-electron chi connectivity index (χ3n) is 3.31. The molecular weight excluding hydrogens is 241 g/mol. The highest BCUT2D eigenvalue weighted by Gasteiger charge is 2.15. The van der Waals surface area contributed by atoms with Crippen LogP contribution in [0, 0.1) is 6.92 Å². The van der Waals surface area contributed by atoms with Gasteiger partial charge in [0.2, 0.25) is 0 Å². The lowest BCUT2D eigenvalue weighted by atomic mass is 10.2. The Morgan fingerprint density at radius 2 is 2.00 bits per heavy atom. The van der Waals surface area contributed by atoms with Crippen molar-refractivity contribution in [2.45, 2.75) is 6.92 Å². The summed E-state index contributed by atoms with van der Waals surface area (Å²) >= 11 is 0. The molecule has 4 heteroatoms. The molecule has 1 saturated heterocycles. The molecule has 1 aromatic heterocycles. The molecule has 0 bridgehead atoms. The zero-order chi connectivity index (χ0) is 13.8. The smallest absolute Gasteiger partial charge is 0.124 e. The molecule has 0 spiro atoms. The van der Waals surface area contributed by atoms with E-state index < -0.39 is 0 Å². The van der Waals surface area contributed by atoms with Gasteiger partial charge in [-0.15, -0.1) is 0 Å². The van der Waals surface area contributed by atoms with Crippen molar-refractivity contribution < 1.29 is 4.39 Å². The van der Waals surface area contributed by atoms with Crippen LogP contribution in [0.4, 0.5) is 10.1 Å². The molecule has 1 aromatic rings. The van der Waals surface area contributed by atoms with Crippen molar-refractivity contribution in [2.24, 2.45) is 0 Å². The molecule has 2 rings (SSSR count). The summed E-state index contributed by atoms with van der Waals surface area (Å²) in [6, 6.07) is 3.98. The van der Waals surface area contributed by atoms with Crippen LogP contribution in [0.5, 0.6) is 0 Å². The van der Waals surface area contributed by atoms with Gasteiger partial charge in [0.05, 0.1) is 5.69 Å². The van der Waals surface area contributed by atoms with Gasteiger partial charge in [0.15, 0.2) is 0 Å². The Labute approximate surface area is 114 Å². The van der Waals surface area contributed by atoms with Gasteiger partial charge < -0.3 is 9.80 Å². The lowest BCUT2D eigenvalue weighted by Gasteiger charge is -2.34. The van der Waals surface area contributed by atoms with E-state index >= 15 is 0 Å². The van der Waals surface area contributed by atoms with E-state index in [0.717, 1.165) is 37.6 Å². The van der Waals surface area contributed by atoms with Gasteiger partial charge in [-0.1, -0.05) is 6.58 Å². The molecule has 0 unspecified atom stereocenters. The minimum Gasteiger partial charge on any atom is -0.369 e. The maximum atomic E-state index is 13.3. The number of hydrogen-bond donors (Lipinski definition) is 0. The second-order valence-electron chi connectivity index (χ2n) is 4.92. The van der Waals surface area contributed by atoms with E-state index in [1.165, 1.54) is 12.2 Å². The SMILES string of the molecule is C=C/C(F)=C/c1cc(N2CCN(C)CC2)cc(C)n1. The quantitative estimate of drug-likeness (QED) is 0.780. The lowest BCUT2D eigenvalue weighted by molar-refractivity contribution is 0.313. The molecule has 0 N–H and O–H groups in total. The molecule has 0 amide bonds. The monoisotopic (exact) mass is 261 g/mol. The highest BCUT2D eigenvalue weighted by Crippen LogP contribution is 2.20. The van der Waals surface area contributed by atoms with Crippen molar-refractivity contribution >= 4 is 11.8 Å². The van der Waals surface area contributed by atoms with Crippen LogP contribution in [-0.2, 0) is 0 Å². The highest BCUT2D eigenvalue weighted by molar-refractivity contribution is 5.58. The van der Waals surface area contributed by atoms with Crippen LogP contribution in [0.2, 0.25) is 0 Å². The summed E-state index contributed by atoms with van der Waals surface area (Å²) in [5.74, 6) is -0.359. The maximum absolute atomic E-state index is 13.3. The number of pyridine rings is 1. The average Bonchev–Trinajstić information content (AvgIpc) is 2.38. The van der Waals surface area contributed by atoms with E-state index in [2.05, 4.69) is 34.5 Å². The number of nitrogens with zero attached hydrogens (tertiary/aromatic N) is 3. The first kappa shape index (κ1) is 13.7. The van der Waals surface area contributed by atoms with Gasteiger partial charge in [0.1, 0.15) is 5.83 Å². The largest absolute Gasteiger partial charge is 0.369 e. The Morgan fingerprint density at radius 3 is 2.63 bits per heavy atom.